The van der Waals surface area contributed by atoms with Crippen LogP contribution < -0.4 is 5.32 Å². The van der Waals surface area contributed by atoms with Crippen LogP contribution in [0.4, 0.5) is 4.79 Å². The average Bonchev–Trinajstić information content (AvgIpc) is 2.65. The molecule has 0 unspecified atom stereocenters. The van der Waals surface area contributed by atoms with E-state index in [-0.39, 0.29) is 18.7 Å². The molecule has 0 saturated heterocycles. The molecule has 0 aliphatic carbocycles. The lowest BCUT2D eigenvalue weighted by Crippen LogP contribution is -2.41. The first-order valence-corrected chi connectivity index (χ1v) is 8.90. The molecule has 134 valence electrons. The fourth-order valence-corrected chi connectivity index (χ4v) is 2.77. The first-order chi connectivity index (χ1) is 12.1. The summed E-state index contributed by atoms with van der Waals surface area (Å²) in [6, 6.07) is 18.1. The minimum Gasteiger partial charge on any atom is -0.396 e. The number of benzene rings is 2. The molecule has 2 amide bonds. The van der Waals surface area contributed by atoms with Crippen LogP contribution >= 0.6 is 0 Å². The molecule has 1 atom stereocenters. The van der Waals surface area contributed by atoms with E-state index in [1.54, 1.807) is 4.90 Å². The third-order valence-corrected chi connectivity index (χ3v) is 4.28. The maximum atomic E-state index is 12.8. The van der Waals surface area contributed by atoms with Crippen molar-refractivity contribution in [2.45, 2.75) is 39.3 Å². The summed E-state index contributed by atoms with van der Waals surface area (Å²) in [4.78, 5) is 14.6. The van der Waals surface area contributed by atoms with E-state index in [0.29, 0.717) is 19.5 Å². The second kappa shape index (κ2) is 9.84. The van der Waals surface area contributed by atoms with Crippen LogP contribution in [-0.4, -0.2) is 29.2 Å². The van der Waals surface area contributed by atoms with Crippen molar-refractivity contribution in [3.8, 4) is 0 Å². The van der Waals surface area contributed by atoms with E-state index in [2.05, 4.69) is 24.4 Å². The van der Waals surface area contributed by atoms with Crippen LogP contribution in [0.25, 0.3) is 0 Å². The second-order valence-electron chi connectivity index (χ2n) is 6.31. The van der Waals surface area contributed by atoms with Gasteiger partial charge in [-0.25, -0.2) is 4.79 Å². The highest BCUT2D eigenvalue weighted by atomic mass is 16.3. The van der Waals surface area contributed by atoms with Crippen LogP contribution in [0.15, 0.2) is 54.6 Å². The number of hydrogen-bond donors (Lipinski definition) is 2. The van der Waals surface area contributed by atoms with Gasteiger partial charge in [-0.15, -0.1) is 0 Å². The molecule has 2 N–H and O–H groups in total. The lowest BCUT2D eigenvalue weighted by Gasteiger charge is -2.26. The van der Waals surface area contributed by atoms with Gasteiger partial charge in [0.25, 0.3) is 0 Å². The zero-order valence-electron chi connectivity index (χ0n) is 15.1. The van der Waals surface area contributed by atoms with Gasteiger partial charge in [-0.3, -0.25) is 0 Å². The van der Waals surface area contributed by atoms with Crippen molar-refractivity contribution >= 4 is 6.03 Å². The van der Waals surface area contributed by atoms with Gasteiger partial charge in [0.2, 0.25) is 0 Å². The normalized spacial score (nSPS) is 11.8. The second-order valence-corrected chi connectivity index (χ2v) is 6.31. The molecule has 0 fully saturated rings. The molecule has 2 rings (SSSR count). The molecule has 25 heavy (non-hydrogen) atoms. The van der Waals surface area contributed by atoms with Crippen LogP contribution in [0, 0.1) is 6.92 Å². The number of aryl methyl sites for hydroxylation is 1. The predicted octanol–water partition coefficient (Wildman–Crippen LogP) is 4.04. The highest BCUT2D eigenvalue weighted by Crippen LogP contribution is 2.17. The molecule has 0 aliphatic rings. The Hall–Kier alpha value is -2.33. The van der Waals surface area contributed by atoms with Gasteiger partial charge in [-0.2, -0.15) is 0 Å². The maximum absolute atomic E-state index is 12.8. The van der Waals surface area contributed by atoms with Gasteiger partial charge in [-0.05, 0) is 30.9 Å². The van der Waals surface area contributed by atoms with Gasteiger partial charge in [0.1, 0.15) is 0 Å². The Bertz CT molecular complexity index is 641. The number of carbonyl (C=O) groups excluding carboxylic acids is 1. The summed E-state index contributed by atoms with van der Waals surface area (Å²) in [6.07, 6.45) is 1.40. The largest absolute Gasteiger partial charge is 0.396 e. The number of nitrogens with one attached hydrogen (secondary N) is 1. The van der Waals surface area contributed by atoms with E-state index in [1.807, 2.05) is 49.4 Å². The van der Waals surface area contributed by atoms with E-state index >= 15 is 0 Å². The summed E-state index contributed by atoms with van der Waals surface area (Å²) in [7, 11) is 0. The van der Waals surface area contributed by atoms with Crippen molar-refractivity contribution in [2.75, 3.05) is 13.2 Å². The third-order valence-electron chi connectivity index (χ3n) is 4.28. The molecule has 0 aromatic heterocycles. The summed E-state index contributed by atoms with van der Waals surface area (Å²) < 4.78 is 0. The van der Waals surface area contributed by atoms with Crippen molar-refractivity contribution in [1.82, 2.24) is 10.2 Å². The lowest BCUT2D eigenvalue weighted by molar-refractivity contribution is 0.182. The Kier molecular flexibility index (Phi) is 7.48. The Morgan fingerprint density at radius 2 is 1.80 bits per heavy atom. The van der Waals surface area contributed by atoms with Gasteiger partial charge in [0.15, 0.2) is 0 Å². The molecule has 4 nitrogen and oxygen atoms in total. The highest BCUT2D eigenvalue weighted by molar-refractivity contribution is 5.74. The van der Waals surface area contributed by atoms with Crippen LogP contribution in [0.1, 0.15) is 42.5 Å². The van der Waals surface area contributed by atoms with Gasteiger partial charge >= 0.3 is 6.03 Å². The van der Waals surface area contributed by atoms with E-state index < -0.39 is 0 Å². The molecular weight excluding hydrogens is 312 g/mol. The van der Waals surface area contributed by atoms with Gasteiger partial charge < -0.3 is 15.3 Å². The summed E-state index contributed by atoms with van der Waals surface area (Å²) in [5, 5.41) is 12.3. The first-order valence-electron chi connectivity index (χ1n) is 8.90. The van der Waals surface area contributed by atoms with E-state index in [0.717, 1.165) is 17.5 Å². The van der Waals surface area contributed by atoms with Gasteiger partial charge in [-0.1, -0.05) is 67.1 Å². The molecule has 0 heterocycles. The molecule has 0 spiro atoms. The van der Waals surface area contributed by atoms with Crippen LogP contribution in [0.5, 0.6) is 0 Å². The number of rotatable bonds is 8. The Morgan fingerprint density at radius 1 is 1.12 bits per heavy atom. The Balaban J connectivity index is 2.07. The quantitative estimate of drug-likeness (QED) is 0.762. The minimum atomic E-state index is -0.0928. The number of urea groups is 1. The smallest absolute Gasteiger partial charge is 0.318 e. The predicted molar refractivity (Wildman–Crippen MR) is 101 cm³/mol. The molecule has 0 saturated carbocycles. The zero-order valence-corrected chi connectivity index (χ0v) is 15.1. The SMILES string of the molecule is CC[C@@H](NC(=O)N(CCCO)Cc1ccc(C)cc1)c1ccccc1. The number of hydrogen-bond acceptors (Lipinski definition) is 2. The molecular formula is C21H28N2O2. The summed E-state index contributed by atoms with van der Waals surface area (Å²) in [6.45, 7) is 5.26. The van der Waals surface area contributed by atoms with Gasteiger partial charge in [0, 0.05) is 19.7 Å². The van der Waals surface area contributed by atoms with Crippen molar-refractivity contribution in [3.63, 3.8) is 0 Å². The number of nitrogens with zero attached hydrogens (tertiary/aromatic N) is 1. The lowest BCUT2D eigenvalue weighted by atomic mass is 10.1. The van der Waals surface area contributed by atoms with Crippen molar-refractivity contribution in [2.24, 2.45) is 0 Å². The Labute approximate surface area is 150 Å². The molecule has 4 heteroatoms. The van der Waals surface area contributed by atoms with Crippen molar-refractivity contribution in [1.29, 1.82) is 0 Å². The van der Waals surface area contributed by atoms with Gasteiger partial charge in [0.05, 0.1) is 6.04 Å². The van der Waals surface area contributed by atoms with E-state index in [9.17, 15) is 4.79 Å². The monoisotopic (exact) mass is 340 g/mol. The standard InChI is InChI=1S/C21H28N2O2/c1-3-20(19-8-5-4-6-9-19)22-21(25)23(14-7-15-24)16-18-12-10-17(2)11-13-18/h4-6,8-13,20,24H,3,7,14-16H2,1-2H3,(H,22,25)/t20-/m1/s1. The van der Waals surface area contributed by atoms with Crippen molar-refractivity contribution in [3.05, 3.63) is 71.3 Å². The fourth-order valence-electron chi connectivity index (χ4n) is 2.77. The minimum absolute atomic E-state index is 0.0108. The van der Waals surface area contributed by atoms with Crippen LogP contribution in [0.2, 0.25) is 0 Å². The number of aliphatic hydroxyl groups is 1. The van der Waals surface area contributed by atoms with Crippen LogP contribution in [-0.2, 0) is 6.54 Å². The fraction of sp³-hybridized carbons (Fsp3) is 0.381. The first kappa shape index (κ1) is 19.0. The molecule has 2 aromatic rings. The maximum Gasteiger partial charge on any atom is 0.318 e. The topological polar surface area (TPSA) is 52.6 Å². The number of amides is 2. The zero-order chi connectivity index (χ0) is 18.1. The molecule has 0 bridgehead atoms. The summed E-state index contributed by atoms with van der Waals surface area (Å²) in [5.74, 6) is 0. The molecule has 0 aliphatic heterocycles. The third kappa shape index (κ3) is 5.91. The van der Waals surface area contributed by atoms with Crippen LogP contribution in [0.3, 0.4) is 0 Å². The van der Waals surface area contributed by atoms with E-state index in [4.69, 9.17) is 5.11 Å². The summed E-state index contributed by atoms with van der Waals surface area (Å²) in [5.41, 5.74) is 3.40. The average molecular weight is 340 g/mol. The number of aliphatic hydroxyl groups excluding tert-OH is 1. The van der Waals surface area contributed by atoms with E-state index in [1.165, 1.54) is 5.56 Å². The molecule has 0 radical (unpaired) electrons. The highest BCUT2D eigenvalue weighted by Gasteiger charge is 2.18. The summed E-state index contributed by atoms with van der Waals surface area (Å²) >= 11 is 0. The Morgan fingerprint density at radius 3 is 2.40 bits per heavy atom. The number of carbonyl (C=O) groups is 1. The molecule has 2 aromatic carbocycles. The van der Waals surface area contributed by atoms with Crippen molar-refractivity contribution < 1.29 is 9.90 Å².